The van der Waals surface area contributed by atoms with E-state index in [1.165, 1.54) is 23.5 Å². The molecule has 0 aliphatic heterocycles. The molecule has 0 radical (unpaired) electrons. The molecular formula is C14H9ClN4O2S. The molecule has 0 spiro atoms. The molecule has 3 aromatic rings. The Kier molecular flexibility index (Phi) is 3.82. The lowest BCUT2D eigenvalue weighted by atomic mass is 10.2. The van der Waals surface area contributed by atoms with E-state index < -0.39 is 4.92 Å². The van der Waals surface area contributed by atoms with Gasteiger partial charge in [-0.05, 0) is 18.6 Å². The molecule has 0 amide bonds. The highest BCUT2D eigenvalue weighted by atomic mass is 35.5. The molecule has 0 saturated heterocycles. The van der Waals surface area contributed by atoms with E-state index >= 15 is 0 Å². The number of non-ortho nitro benzene ring substituents is 1. The predicted octanol–water partition coefficient (Wildman–Crippen LogP) is 4.23. The summed E-state index contributed by atoms with van der Waals surface area (Å²) in [6, 6.07) is 6.29. The maximum absolute atomic E-state index is 10.8. The number of halogens is 1. The Morgan fingerprint density at radius 2 is 2.09 bits per heavy atom. The zero-order valence-corrected chi connectivity index (χ0v) is 12.9. The molecule has 0 aliphatic carbocycles. The topological polar surface area (TPSA) is 81.3 Å². The van der Waals surface area contributed by atoms with Crippen LogP contribution >= 0.6 is 22.9 Å². The SMILES string of the molecule is Cc1ccc([N+](=O)[O-])cc1/N=C(\Cl)c1cc2nccnc2s1. The van der Waals surface area contributed by atoms with E-state index in [4.69, 9.17) is 11.6 Å². The number of aryl methyl sites for hydroxylation is 1. The number of hydrogen-bond acceptors (Lipinski definition) is 6. The number of nitro groups is 1. The molecule has 0 aliphatic rings. The quantitative estimate of drug-likeness (QED) is 0.408. The summed E-state index contributed by atoms with van der Waals surface area (Å²) in [6.07, 6.45) is 3.22. The number of rotatable bonds is 3. The van der Waals surface area contributed by atoms with Crippen LogP contribution in [0.25, 0.3) is 10.3 Å². The van der Waals surface area contributed by atoms with Gasteiger partial charge in [-0.15, -0.1) is 11.3 Å². The Morgan fingerprint density at radius 1 is 1.32 bits per heavy atom. The van der Waals surface area contributed by atoms with Crippen LogP contribution in [-0.4, -0.2) is 20.1 Å². The first-order valence-corrected chi connectivity index (χ1v) is 7.44. The Bertz CT molecular complexity index is 874. The average Bonchev–Trinajstić information content (AvgIpc) is 2.93. The monoisotopic (exact) mass is 332 g/mol. The van der Waals surface area contributed by atoms with Crippen LogP contribution in [0.3, 0.4) is 0 Å². The minimum atomic E-state index is -0.459. The highest BCUT2D eigenvalue weighted by molar-refractivity contribution is 7.21. The van der Waals surface area contributed by atoms with E-state index in [9.17, 15) is 10.1 Å². The van der Waals surface area contributed by atoms with Gasteiger partial charge in [-0.25, -0.2) is 9.98 Å². The molecule has 22 heavy (non-hydrogen) atoms. The fourth-order valence-corrected chi connectivity index (χ4v) is 2.97. The minimum absolute atomic E-state index is 0.0199. The predicted molar refractivity (Wildman–Crippen MR) is 87.3 cm³/mol. The third-order valence-corrected chi connectivity index (χ3v) is 4.43. The smallest absolute Gasteiger partial charge is 0.258 e. The van der Waals surface area contributed by atoms with Crippen molar-refractivity contribution in [3.8, 4) is 0 Å². The maximum Gasteiger partial charge on any atom is 0.271 e. The minimum Gasteiger partial charge on any atom is -0.258 e. The van der Waals surface area contributed by atoms with Gasteiger partial charge in [0.15, 0.2) is 0 Å². The lowest BCUT2D eigenvalue weighted by Crippen LogP contribution is -1.90. The molecule has 0 saturated carbocycles. The van der Waals surface area contributed by atoms with Crippen molar-refractivity contribution >= 4 is 49.8 Å². The number of nitrogens with zero attached hydrogens (tertiary/aromatic N) is 4. The number of hydrogen-bond donors (Lipinski definition) is 0. The zero-order chi connectivity index (χ0) is 15.7. The first-order valence-electron chi connectivity index (χ1n) is 6.25. The van der Waals surface area contributed by atoms with Crippen LogP contribution in [-0.2, 0) is 0 Å². The lowest BCUT2D eigenvalue weighted by Gasteiger charge is -2.01. The third-order valence-electron chi connectivity index (χ3n) is 2.99. The van der Waals surface area contributed by atoms with Crippen molar-refractivity contribution in [2.75, 3.05) is 0 Å². The Morgan fingerprint density at radius 3 is 2.82 bits per heavy atom. The Balaban J connectivity index is 2.03. The molecular weight excluding hydrogens is 324 g/mol. The van der Waals surface area contributed by atoms with Crippen molar-refractivity contribution in [1.82, 2.24) is 9.97 Å². The van der Waals surface area contributed by atoms with Gasteiger partial charge < -0.3 is 0 Å². The van der Waals surface area contributed by atoms with Crippen molar-refractivity contribution in [2.45, 2.75) is 6.92 Å². The fourth-order valence-electron chi connectivity index (χ4n) is 1.87. The summed E-state index contributed by atoms with van der Waals surface area (Å²) in [4.78, 5) is 24.6. The number of aliphatic imine (C=N–C) groups is 1. The molecule has 0 unspecified atom stereocenters. The summed E-state index contributed by atoms with van der Waals surface area (Å²) in [7, 11) is 0. The van der Waals surface area contributed by atoms with E-state index in [1.807, 2.05) is 6.92 Å². The molecule has 6 nitrogen and oxygen atoms in total. The van der Waals surface area contributed by atoms with E-state index in [0.717, 1.165) is 15.9 Å². The molecule has 3 rings (SSSR count). The standard InChI is InChI=1S/C14H9ClN4O2S/c1-8-2-3-9(19(20)21)6-10(8)18-13(15)12-7-11-14(22-12)17-5-4-16-11/h2-7H,1H3/b18-13-. The van der Waals surface area contributed by atoms with Crippen LogP contribution in [0.4, 0.5) is 11.4 Å². The third kappa shape index (κ3) is 2.81. The summed E-state index contributed by atoms with van der Waals surface area (Å²) < 4.78 is 0. The first-order chi connectivity index (χ1) is 10.5. The molecule has 0 atom stereocenters. The number of aromatic nitrogens is 2. The van der Waals surface area contributed by atoms with Gasteiger partial charge in [-0.1, -0.05) is 17.7 Å². The highest BCUT2D eigenvalue weighted by Crippen LogP contribution is 2.28. The van der Waals surface area contributed by atoms with Crippen LogP contribution in [0.5, 0.6) is 0 Å². The normalized spacial score (nSPS) is 11.8. The van der Waals surface area contributed by atoms with Crippen LogP contribution in [0.1, 0.15) is 10.4 Å². The second-order valence-electron chi connectivity index (χ2n) is 4.49. The van der Waals surface area contributed by atoms with Crippen molar-refractivity contribution in [3.05, 3.63) is 57.2 Å². The number of thiophene rings is 1. The van der Waals surface area contributed by atoms with Crippen molar-refractivity contribution in [3.63, 3.8) is 0 Å². The number of nitro benzene ring substituents is 1. The fraction of sp³-hybridized carbons (Fsp3) is 0.0714. The van der Waals surface area contributed by atoms with E-state index in [2.05, 4.69) is 15.0 Å². The van der Waals surface area contributed by atoms with Crippen molar-refractivity contribution in [2.24, 2.45) is 4.99 Å². The van der Waals surface area contributed by atoms with Crippen molar-refractivity contribution in [1.29, 1.82) is 0 Å². The molecule has 1 aromatic carbocycles. The molecule has 2 aromatic heterocycles. The van der Waals surface area contributed by atoms with Gasteiger partial charge in [0.1, 0.15) is 15.5 Å². The molecule has 0 N–H and O–H groups in total. The zero-order valence-electron chi connectivity index (χ0n) is 11.4. The molecule has 0 fully saturated rings. The Labute approximate surface area is 134 Å². The van der Waals surface area contributed by atoms with Gasteiger partial charge >= 0.3 is 0 Å². The van der Waals surface area contributed by atoms with Gasteiger partial charge in [0.25, 0.3) is 5.69 Å². The van der Waals surface area contributed by atoms with E-state index in [1.54, 1.807) is 24.5 Å². The van der Waals surface area contributed by atoms with Gasteiger partial charge in [0.2, 0.25) is 0 Å². The summed E-state index contributed by atoms with van der Waals surface area (Å²) >= 11 is 7.62. The summed E-state index contributed by atoms with van der Waals surface area (Å²) in [6.45, 7) is 1.82. The van der Waals surface area contributed by atoms with E-state index in [-0.39, 0.29) is 10.9 Å². The van der Waals surface area contributed by atoms with E-state index in [0.29, 0.717) is 10.6 Å². The average molecular weight is 333 g/mol. The first kappa shape index (κ1) is 14.6. The van der Waals surface area contributed by atoms with Gasteiger partial charge in [0, 0.05) is 24.5 Å². The molecule has 0 bridgehead atoms. The van der Waals surface area contributed by atoms with Crippen LogP contribution in [0, 0.1) is 17.0 Å². The molecule has 110 valence electrons. The molecule has 2 heterocycles. The van der Waals surface area contributed by atoms with Crippen LogP contribution < -0.4 is 0 Å². The second kappa shape index (κ2) is 5.78. The summed E-state index contributed by atoms with van der Waals surface area (Å²) in [5.41, 5.74) is 2.00. The lowest BCUT2D eigenvalue weighted by molar-refractivity contribution is -0.384. The summed E-state index contributed by atoms with van der Waals surface area (Å²) in [5.74, 6) is 0. The van der Waals surface area contributed by atoms with Gasteiger partial charge in [0.05, 0.1) is 15.5 Å². The molecule has 8 heteroatoms. The largest absolute Gasteiger partial charge is 0.271 e. The summed E-state index contributed by atoms with van der Waals surface area (Å²) in [5, 5.41) is 11.1. The van der Waals surface area contributed by atoms with Crippen LogP contribution in [0.15, 0.2) is 41.7 Å². The maximum atomic E-state index is 10.8. The van der Waals surface area contributed by atoms with Crippen molar-refractivity contribution < 1.29 is 4.92 Å². The highest BCUT2D eigenvalue weighted by Gasteiger charge is 2.11. The number of benzene rings is 1. The van der Waals surface area contributed by atoms with Gasteiger partial charge in [-0.2, -0.15) is 0 Å². The van der Waals surface area contributed by atoms with Crippen LogP contribution in [0.2, 0.25) is 0 Å². The van der Waals surface area contributed by atoms with Gasteiger partial charge in [-0.3, -0.25) is 15.1 Å². The second-order valence-corrected chi connectivity index (χ2v) is 5.88. The Hall–Kier alpha value is -2.38. The number of fused-ring (bicyclic) bond motifs is 1.